The summed E-state index contributed by atoms with van der Waals surface area (Å²) in [5.74, 6) is 4.32. The summed E-state index contributed by atoms with van der Waals surface area (Å²) in [5, 5.41) is 10.1. The molecular weight excluding hydrogens is 296 g/mol. The molecule has 5 aliphatic rings. The van der Waals surface area contributed by atoms with E-state index in [2.05, 4.69) is 13.0 Å². The van der Waals surface area contributed by atoms with E-state index in [1.165, 1.54) is 44.9 Å². The molecule has 0 radical (unpaired) electrons. The first-order chi connectivity index (χ1) is 11.5. The lowest BCUT2D eigenvalue weighted by Gasteiger charge is -2.61. The van der Waals surface area contributed by atoms with Crippen LogP contribution in [-0.4, -0.2) is 17.0 Å². The Balaban J connectivity index is 1.47. The summed E-state index contributed by atoms with van der Waals surface area (Å²) in [5.41, 5.74) is 0.836. The molecule has 0 aromatic rings. The lowest BCUT2D eigenvalue weighted by atomic mass is 9.44. The van der Waals surface area contributed by atoms with Crippen LogP contribution in [0.3, 0.4) is 0 Å². The van der Waals surface area contributed by atoms with E-state index in [1.54, 1.807) is 0 Å². The average Bonchev–Trinajstić information content (AvgIpc) is 2.94. The minimum absolute atomic E-state index is 0.0438. The molecule has 24 heavy (non-hydrogen) atoms. The van der Waals surface area contributed by atoms with E-state index in [0.29, 0.717) is 22.5 Å². The molecule has 1 N–H and O–H groups in total. The van der Waals surface area contributed by atoms with E-state index in [9.17, 15) is 9.90 Å². The van der Waals surface area contributed by atoms with Crippen LogP contribution < -0.4 is 0 Å². The fourth-order valence-corrected chi connectivity index (χ4v) is 8.26. The number of ketones is 1. The second kappa shape index (κ2) is 5.19. The molecule has 2 nitrogen and oxygen atoms in total. The number of fused-ring (bicyclic) bond motifs is 4. The van der Waals surface area contributed by atoms with E-state index in [1.807, 2.05) is 6.08 Å². The Labute approximate surface area is 146 Å². The summed E-state index contributed by atoms with van der Waals surface area (Å²) in [6, 6.07) is 0. The average molecular weight is 328 g/mol. The smallest absolute Gasteiger partial charge is 0.155 e. The fourth-order valence-electron chi connectivity index (χ4n) is 8.26. The monoisotopic (exact) mass is 328 g/mol. The maximum atomic E-state index is 11.9. The molecule has 0 aliphatic heterocycles. The van der Waals surface area contributed by atoms with Gasteiger partial charge in [-0.2, -0.15) is 0 Å². The van der Waals surface area contributed by atoms with Crippen LogP contribution in [0.4, 0.5) is 0 Å². The van der Waals surface area contributed by atoms with Gasteiger partial charge in [-0.1, -0.05) is 13.0 Å². The van der Waals surface area contributed by atoms with E-state index >= 15 is 0 Å². The molecule has 132 valence electrons. The lowest BCUT2D eigenvalue weighted by Crippen LogP contribution is -2.54. The highest BCUT2D eigenvalue weighted by molar-refractivity contribution is 5.91. The Hall–Kier alpha value is -0.630. The van der Waals surface area contributed by atoms with Crippen molar-refractivity contribution in [3.05, 3.63) is 12.2 Å². The van der Waals surface area contributed by atoms with Crippen molar-refractivity contribution in [3.8, 4) is 0 Å². The number of carbonyl (C=O) groups excluding carboxylic acids is 1. The Morgan fingerprint density at radius 3 is 2.71 bits per heavy atom. The number of aliphatic hydroxyl groups excluding tert-OH is 1. The van der Waals surface area contributed by atoms with Gasteiger partial charge < -0.3 is 5.11 Å². The quantitative estimate of drug-likeness (QED) is 0.710. The first kappa shape index (κ1) is 15.6. The van der Waals surface area contributed by atoms with Gasteiger partial charge in [0.25, 0.3) is 0 Å². The maximum absolute atomic E-state index is 11.9. The van der Waals surface area contributed by atoms with Crippen LogP contribution in [0.5, 0.6) is 0 Å². The number of carbonyl (C=O) groups is 1. The zero-order valence-corrected chi connectivity index (χ0v) is 15.0. The molecule has 5 rings (SSSR count). The SMILES string of the molecule is C[C@]12CC[C@@H](O)C[C@@H]1CC[C@H]1[C@@H]3CC[C@@H]4CC(=O)C=CC43CC[C@@H]12. The molecule has 0 saturated heterocycles. The largest absolute Gasteiger partial charge is 0.393 e. The summed E-state index contributed by atoms with van der Waals surface area (Å²) in [6.45, 7) is 2.56. The second-order valence-corrected chi connectivity index (χ2v) is 10.0. The van der Waals surface area contributed by atoms with Crippen molar-refractivity contribution < 1.29 is 9.90 Å². The first-order valence-corrected chi connectivity index (χ1v) is 10.4. The molecule has 4 fully saturated rings. The van der Waals surface area contributed by atoms with Crippen molar-refractivity contribution in [1.29, 1.82) is 0 Å². The van der Waals surface area contributed by atoms with Gasteiger partial charge in [0.15, 0.2) is 5.78 Å². The van der Waals surface area contributed by atoms with E-state index in [4.69, 9.17) is 0 Å². The third-order valence-electron chi connectivity index (χ3n) is 9.43. The van der Waals surface area contributed by atoms with Crippen LogP contribution in [0.2, 0.25) is 0 Å². The number of rotatable bonds is 0. The summed E-state index contributed by atoms with van der Waals surface area (Å²) in [7, 11) is 0. The van der Waals surface area contributed by atoms with Crippen LogP contribution in [-0.2, 0) is 4.79 Å². The standard InChI is InChI=1S/C22H32O2/c1-21-9-6-16(23)12-14(21)2-4-18-19(21)8-11-22-10-7-17(24)13-15(22)3-5-20(18)22/h7,10,14-16,18-20,23H,2-6,8-9,11-13H2,1H3/t14-,15+,16+,18+,19-,20-,21-,22?/m0/s1. The molecular formula is C22H32O2. The zero-order chi connectivity index (χ0) is 16.5. The van der Waals surface area contributed by atoms with E-state index < -0.39 is 0 Å². The second-order valence-electron chi connectivity index (χ2n) is 10.0. The lowest BCUT2D eigenvalue weighted by molar-refractivity contribution is -0.127. The Kier molecular flexibility index (Phi) is 3.38. The molecule has 2 heteroatoms. The minimum Gasteiger partial charge on any atom is -0.393 e. The molecule has 0 bridgehead atoms. The summed E-state index contributed by atoms with van der Waals surface area (Å²) >= 11 is 0. The molecule has 0 amide bonds. The summed E-state index contributed by atoms with van der Waals surface area (Å²) < 4.78 is 0. The molecule has 4 saturated carbocycles. The van der Waals surface area contributed by atoms with Crippen molar-refractivity contribution in [3.63, 3.8) is 0 Å². The Bertz CT molecular complexity index is 581. The van der Waals surface area contributed by atoms with Crippen molar-refractivity contribution in [2.45, 2.75) is 77.2 Å². The van der Waals surface area contributed by atoms with Crippen molar-refractivity contribution in [2.75, 3.05) is 0 Å². The molecule has 5 aliphatic carbocycles. The predicted octanol–water partition coefficient (Wildman–Crippen LogP) is 4.52. The van der Waals surface area contributed by atoms with Crippen LogP contribution in [0.15, 0.2) is 12.2 Å². The van der Waals surface area contributed by atoms with Gasteiger partial charge in [0.05, 0.1) is 6.10 Å². The number of hydrogen-bond acceptors (Lipinski definition) is 2. The molecule has 0 aromatic heterocycles. The minimum atomic E-state index is -0.0438. The van der Waals surface area contributed by atoms with Gasteiger partial charge in [-0.3, -0.25) is 4.79 Å². The van der Waals surface area contributed by atoms with E-state index in [0.717, 1.165) is 42.9 Å². The van der Waals surface area contributed by atoms with Gasteiger partial charge in [-0.25, -0.2) is 0 Å². The van der Waals surface area contributed by atoms with Gasteiger partial charge in [0.2, 0.25) is 0 Å². The van der Waals surface area contributed by atoms with Crippen molar-refractivity contribution >= 4 is 5.78 Å². The van der Waals surface area contributed by atoms with Gasteiger partial charge >= 0.3 is 0 Å². The van der Waals surface area contributed by atoms with Crippen LogP contribution >= 0.6 is 0 Å². The van der Waals surface area contributed by atoms with E-state index in [-0.39, 0.29) is 6.10 Å². The summed E-state index contributed by atoms with van der Waals surface area (Å²) in [6.07, 6.45) is 16.4. The molecule has 0 heterocycles. The molecule has 0 aromatic carbocycles. The van der Waals surface area contributed by atoms with Gasteiger partial charge in [0, 0.05) is 6.42 Å². The molecule has 1 unspecified atom stereocenters. The summed E-state index contributed by atoms with van der Waals surface area (Å²) in [4.78, 5) is 11.9. The van der Waals surface area contributed by atoms with Crippen molar-refractivity contribution in [1.82, 2.24) is 0 Å². The van der Waals surface area contributed by atoms with Gasteiger partial charge in [-0.15, -0.1) is 0 Å². The molecule has 8 atom stereocenters. The molecule has 1 spiro atoms. The predicted molar refractivity (Wildman–Crippen MR) is 94.3 cm³/mol. The number of allylic oxidation sites excluding steroid dienone is 2. The highest BCUT2D eigenvalue weighted by Gasteiger charge is 2.61. The van der Waals surface area contributed by atoms with Crippen LogP contribution in [0, 0.1) is 40.4 Å². The van der Waals surface area contributed by atoms with Crippen LogP contribution in [0.25, 0.3) is 0 Å². The highest BCUT2D eigenvalue weighted by atomic mass is 16.3. The van der Waals surface area contributed by atoms with Crippen molar-refractivity contribution in [2.24, 2.45) is 40.4 Å². The highest BCUT2D eigenvalue weighted by Crippen LogP contribution is 2.68. The number of aliphatic hydroxyl groups is 1. The maximum Gasteiger partial charge on any atom is 0.155 e. The van der Waals surface area contributed by atoms with Crippen LogP contribution in [0.1, 0.15) is 71.1 Å². The Morgan fingerprint density at radius 2 is 1.83 bits per heavy atom. The van der Waals surface area contributed by atoms with Gasteiger partial charge in [0.1, 0.15) is 0 Å². The first-order valence-electron chi connectivity index (χ1n) is 10.4. The zero-order valence-electron chi connectivity index (χ0n) is 15.0. The Morgan fingerprint density at radius 1 is 1.00 bits per heavy atom. The third-order valence-corrected chi connectivity index (χ3v) is 9.43. The van der Waals surface area contributed by atoms with Gasteiger partial charge in [-0.05, 0) is 104 Å². The fraction of sp³-hybridized carbons (Fsp3) is 0.864. The topological polar surface area (TPSA) is 37.3 Å². The third kappa shape index (κ3) is 1.95. The number of hydrogen-bond donors (Lipinski definition) is 1. The normalized spacial score (nSPS) is 56.2.